The Morgan fingerprint density at radius 1 is 1.16 bits per heavy atom. The molecule has 0 bridgehead atoms. The van der Waals surface area contributed by atoms with E-state index in [2.05, 4.69) is 41.1 Å². The van der Waals surface area contributed by atoms with Gasteiger partial charge in [0.15, 0.2) is 0 Å². The van der Waals surface area contributed by atoms with Gasteiger partial charge in [0.2, 0.25) is 0 Å². The minimum absolute atomic E-state index is 0.420. The number of nitrogens with zero attached hydrogens (tertiary/aromatic N) is 2. The summed E-state index contributed by atoms with van der Waals surface area (Å²) in [4.78, 5) is 6.20. The van der Waals surface area contributed by atoms with Crippen molar-refractivity contribution >= 4 is 28.9 Å². The third kappa shape index (κ3) is 3.62. The third-order valence-corrected chi connectivity index (χ3v) is 3.65. The number of aryl methyl sites for hydroxylation is 1. The van der Waals surface area contributed by atoms with Gasteiger partial charge in [-0.15, -0.1) is 0 Å². The highest BCUT2D eigenvalue weighted by Gasteiger charge is 2.07. The van der Waals surface area contributed by atoms with Crippen molar-refractivity contribution in [3.8, 4) is 0 Å². The lowest BCUT2D eigenvalue weighted by Gasteiger charge is -2.20. The van der Waals surface area contributed by atoms with Crippen molar-refractivity contribution in [3.05, 3.63) is 57.8 Å². The Morgan fingerprint density at radius 2 is 1.84 bits per heavy atom. The van der Waals surface area contributed by atoms with Crippen molar-refractivity contribution in [1.82, 2.24) is 4.98 Å². The molecule has 0 aliphatic heterocycles. The summed E-state index contributed by atoms with van der Waals surface area (Å²) >= 11 is 12.0. The average Bonchev–Trinajstić information content (AvgIpc) is 2.42. The third-order valence-electron chi connectivity index (χ3n) is 3.09. The first-order valence-electron chi connectivity index (χ1n) is 6.20. The quantitative estimate of drug-likeness (QED) is 0.767. The number of halogens is 2. The number of benzene rings is 1. The van der Waals surface area contributed by atoms with Crippen LogP contribution in [0.2, 0.25) is 10.2 Å². The predicted molar refractivity (Wildman–Crippen MR) is 82.2 cm³/mol. The van der Waals surface area contributed by atoms with Crippen molar-refractivity contribution in [2.45, 2.75) is 19.9 Å². The highest BCUT2D eigenvalue weighted by Crippen LogP contribution is 2.22. The standard InChI is InChI=1S/C15H16Cl2N2/c1-3-11-4-6-13(7-5-11)19(2)10-12-9-18-15(17)8-14(12)16/h4-9H,3,10H2,1-2H3. The molecule has 100 valence electrons. The molecule has 0 radical (unpaired) electrons. The van der Waals surface area contributed by atoms with E-state index >= 15 is 0 Å². The molecule has 0 fully saturated rings. The van der Waals surface area contributed by atoms with Crippen molar-refractivity contribution in [1.29, 1.82) is 0 Å². The monoisotopic (exact) mass is 294 g/mol. The maximum atomic E-state index is 6.16. The van der Waals surface area contributed by atoms with E-state index < -0.39 is 0 Å². The molecule has 0 saturated carbocycles. The second-order valence-electron chi connectivity index (χ2n) is 4.47. The minimum atomic E-state index is 0.420. The fourth-order valence-electron chi connectivity index (χ4n) is 1.89. The Hall–Kier alpha value is -1.25. The first kappa shape index (κ1) is 14.2. The van der Waals surface area contributed by atoms with Crippen molar-refractivity contribution in [2.75, 3.05) is 11.9 Å². The molecular formula is C15H16Cl2N2. The zero-order valence-corrected chi connectivity index (χ0v) is 12.5. The van der Waals surface area contributed by atoms with Gasteiger partial charge in [-0.1, -0.05) is 42.3 Å². The molecule has 0 atom stereocenters. The molecule has 2 rings (SSSR count). The van der Waals surface area contributed by atoms with Crippen LogP contribution >= 0.6 is 23.2 Å². The maximum Gasteiger partial charge on any atom is 0.130 e. The van der Waals surface area contributed by atoms with Crippen molar-refractivity contribution in [2.24, 2.45) is 0 Å². The molecule has 0 saturated heterocycles. The van der Waals surface area contributed by atoms with E-state index in [1.165, 1.54) is 5.56 Å². The number of anilines is 1. The van der Waals surface area contributed by atoms with Crippen LogP contribution in [-0.2, 0) is 13.0 Å². The Labute approximate surface area is 124 Å². The summed E-state index contributed by atoms with van der Waals surface area (Å²) in [6.07, 6.45) is 2.78. The fraction of sp³-hybridized carbons (Fsp3) is 0.267. The molecule has 0 aliphatic rings. The van der Waals surface area contributed by atoms with Gasteiger partial charge in [0.1, 0.15) is 5.15 Å². The Kier molecular flexibility index (Phi) is 4.67. The van der Waals surface area contributed by atoms with Gasteiger partial charge in [-0.3, -0.25) is 0 Å². The predicted octanol–water partition coefficient (Wildman–Crippen LogP) is 4.59. The van der Waals surface area contributed by atoms with Gasteiger partial charge < -0.3 is 4.90 Å². The van der Waals surface area contributed by atoms with Gasteiger partial charge in [0.25, 0.3) is 0 Å². The first-order valence-corrected chi connectivity index (χ1v) is 6.95. The SMILES string of the molecule is CCc1ccc(N(C)Cc2cnc(Cl)cc2Cl)cc1. The molecule has 0 N–H and O–H groups in total. The smallest absolute Gasteiger partial charge is 0.130 e. The topological polar surface area (TPSA) is 16.1 Å². The summed E-state index contributed by atoms with van der Waals surface area (Å²) in [5, 5.41) is 1.07. The summed E-state index contributed by atoms with van der Waals surface area (Å²) in [7, 11) is 2.03. The van der Waals surface area contributed by atoms with Gasteiger partial charge in [-0.05, 0) is 30.2 Å². The molecule has 1 heterocycles. The summed E-state index contributed by atoms with van der Waals surface area (Å²) in [5.74, 6) is 0. The summed E-state index contributed by atoms with van der Waals surface area (Å²) < 4.78 is 0. The van der Waals surface area contributed by atoms with E-state index in [4.69, 9.17) is 23.2 Å². The molecule has 0 amide bonds. The molecule has 0 spiro atoms. The highest BCUT2D eigenvalue weighted by molar-refractivity contribution is 6.34. The van der Waals surface area contributed by atoms with Crippen molar-refractivity contribution in [3.63, 3.8) is 0 Å². The largest absolute Gasteiger partial charge is 0.370 e. The van der Waals surface area contributed by atoms with Gasteiger partial charge in [0.05, 0.1) is 5.02 Å². The van der Waals surface area contributed by atoms with Crippen LogP contribution in [0.15, 0.2) is 36.5 Å². The molecule has 0 aliphatic carbocycles. The van der Waals surface area contributed by atoms with Crippen LogP contribution in [0.4, 0.5) is 5.69 Å². The summed E-state index contributed by atoms with van der Waals surface area (Å²) in [6.45, 7) is 2.85. The second-order valence-corrected chi connectivity index (χ2v) is 5.27. The lowest BCUT2D eigenvalue weighted by molar-refractivity contribution is 0.914. The summed E-state index contributed by atoms with van der Waals surface area (Å²) in [6, 6.07) is 10.2. The van der Waals surface area contributed by atoms with E-state index in [9.17, 15) is 0 Å². The van der Waals surface area contributed by atoms with Crippen LogP contribution < -0.4 is 4.90 Å². The molecule has 1 aromatic heterocycles. The van der Waals surface area contributed by atoms with Gasteiger partial charge in [0, 0.05) is 31.0 Å². The maximum absolute atomic E-state index is 6.16. The zero-order chi connectivity index (χ0) is 13.8. The van der Waals surface area contributed by atoms with Crippen molar-refractivity contribution < 1.29 is 0 Å². The van der Waals surface area contributed by atoms with E-state index in [-0.39, 0.29) is 0 Å². The first-order chi connectivity index (χ1) is 9.10. The Balaban J connectivity index is 2.13. The van der Waals surface area contributed by atoms with E-state index in [1.807, 2.05) is 7.05 Å². The number of hydrogen-bond donors (Lipinski definition) is 0. The number of hydrogen-bond acceptors (Lipinski definition) is 2. The van der Waals surface area contributed by atoms with Crippen LogP contribution in [0.5, 0.6) is 0 Å². The van der Waals surface area contributed by atoms with Gasteiger partial charge in [-0.2, -0.15) is 0 Å². The zero-order valence-electron chi connectivity index (χ0n) is 11.0. The molecule has 19 heavy (non-hydrogen) atoms. The lowest BCUT2D eigenvalue weighted by Crippen LogP contribution is -2.16. The van der Waals surface area contributed by atoms with Crippen LogP contribution in [0.3, 0.4) is 0 Å². The number of pyridine rings is 1. The minimum Gasteiger partial charge on any atom is -0.370 e. The molecular weight excluding hydrogens is 279 g/mol. The van der Waals surface area contributed by atoms with E-state index in [1.54, 1.807) is 12.3 Å². The van der Waals surface area contributed by atoms with Crippen LogP contribution in [0.1, 0.15) is 18.1 Å². The second kappa shape index (κ2) is 6.27. The number of aromatic nitrogens is 1. The molecule has 2 nitrogen and oxygen atoms in total. The molecule has 1 aromatic carbocycles. The Bertz CT molecular complexity index is 553. The van der Waals surface area contributed by atoms with Gasteiger partial charge in [-0.25, -0.2) is 4.98 Å². The normalized spacial score (nSPS) is 10.5. The van der Waals surface area contributed by atoms with Crippen LogP contribution in [0.25, 0.3) is 0 Å². The average molecular weight is 295 g/mol. The van der Waals surface area contributed by atoms with E-state index in [0.717, 1.165) is 17.7 Å². The van der Waals surface area contributed by atoms with Crippen LogP contribution in [-0.4, -0.2) is 12.0 Å². The fourth-order valence-corrected chi connectivity index (χ4v) is 2.31. The molecule has 4 heteroatoms. The van der Waals surface area contributed by atoms with E-state index in [0.29, 0.717) is 16.7 Å². The Morgan fingerprint density at radius 3 is 2.42 bits per heavy atom. The van der Waals surface area contributed by atoms with Gasteiger partial charge >= 0.3 is 0 Å². The summed E-state index contributed by atoms with van der Waals surface area (Å²) in [5.41, 5.74) is 3.46. The highest BCUT2D eigenvalue weighted by atomic mass is 35.5. The molecule has 2 aromatic rings. The lowest BCUT2D eigenvalue weighted by atomic mass is 10.1. The number of rotatable bonds is 4. The van der Waals surface area contributed by atoms with Crippen LogP contribution in [0, 0.1) is 0 Å². The molecule has 0 unspecified atom stereocenters.